The van der Waals surface area contributed by atoms with Gasteiger partial charge in [0.1, 0.15) is 25.0 Å². The van der Waals surface area contributed by atoms with Gasteiger partial charge in [0.25, 0.3) is 0 Å². The van der Waals surface area contributed by atoms with Gasteiger partial charge in [0.05, 0.1) is 13.0 Å². The molecule has 6 nitrogen and oxygen atoms in total. The van der Waals surface area contributed by atoms with Crippen LogP contribution < -0.4 is 10.1 Å². The smallest absolute Gasteiger partial charge is 0.228 e. The van der Waals surface area contributed by atoms with Crippen LogP contribution in [0.5, 0.6) is 5.75 Å². The van der Waals surface area contributed by atoms with Crippen molar-refractivity contribution in [3.8, 4) is 5.75 Å². The van der Waals surface area contributed by atoms with Crippen LogP contribution in [0.2, 0.25) is 0 Å². The van der Waals surface area contributed by atoms with Crippen LogP contribution in [0, 0.1) is 0 Å². The highest BCUT2D eigenvalue weighted by Gasteiger charge is 2.12. The van der Waals surface area contributed by atoms with Crippen molar-refractivity contribution < 1.29 is 9.53 Å². The minimum Gasteiger partial charge on any atom is -0.492 e. The number of carbonyl (C=O) groups is 1. The fourth-order valence-corrected chi connectivity index (χ4v) is 3.39. The van der Waals surface area contributed by atoms with E-state index in [1.54, 1.807) is 11.0 Å². The Balaban J connectivity index is 1.31. The molecule has 0 bridgehead atoms. The Labute approximate surface area is 158 Å². The summed E-state index contributed by atoms with van der Waals surface area (Å²) in [6.45, 7) is 1.10. The minimum absolute atomic E-state index is 0.0206. The van der Waals surface area contributed by atoms with Gasteiger partial charge < -0.3 is 10.1 Å². The number of aryl methyl sites for hydroxylation is 2. The number of aromatic nitrogens is 3. The van der Waals surface area contributed by atoms with E-state index in [2.05, 4.69) is 33.6 Å². The quantitative estimate of drug-likeness (QED) is 0.701. The van der Waals surface area contributed by atoms with Crippen molar-refractivity contribution in [1.29, 1.82) is 0 Å². The third kappa shape index (κ3) is 4.53. The molecule has 0 atom stereocenters. The standard InChI is InChI=1S/C21H22N4O2/c26-21(12-16-7-8-17-3-1-4-18(17)11-16)24-19-5-2-6-20(13-19)27-10-9-25-15-22-14-23-25/h2,5-8,11,13-15H,1,3-4,9-10,12H2,(H,24,26). The van der Waals surface area contributed by atoms with E-state index in [9.17, 15) is 4.79 Å². The third-order valence-corrected chi connectivity index (χ3v) is 4.70. The molecule has 138 valence electrons. The van der Waals surface area contributed by atoms with Gasteiger partial charge in [-0.05, 0) is 48.1 Å². The number of rotatable bonds is 7. The van der Waals surface area contributed by atoms with Gasteiger partial charge in [0.15, 0.2) is 0 Å². The van der Waals surface area contributed by atoms with E-state index < -0.39 is 0 Å². The molecule has 4 rings (SSSR count). The summed E-state index contributed by atoms with van der Waals surface area (Å²) in [6, 6.07) is 13.8. The van der Waals surface area contributed by atoms with Gasteiger partial charge >= 0.3 is 0 Å². The minimum atomic E-state index is -0.0206. The van der Waals surface area contributed by atoms with Crippen molar-refractivity contribution in [3.05, 3.63) is 71.8 Å². The lowest BCUT2D eigenvalue weighted by Crippen LogP contribution is -2.14. The molecule has 3 aromatic rings. The van der Waals surface area contributed by atoms with Crippen LogP contribution in [0.3, 0.4) is 0 Å². The first-order chi connectivity index (χ1) is 13.3. The molecule has 0 saturated heterocycles. The van der Waals surface area contributed by atoms with Crippen LogP contribution in [0.1, 0.15) is 23.1 Å². The lowest BCUT2D eigenvalue weighted by atomic mass is 10.0. The number of carbonyl (C=O) groups excluding carboxylic acids is 1. The van der Waals surface area contributed by atoms with Gasteiger partial charge in [-0.3, -0.25) is 4.79 Å². The Morgan fingerprint density at radius 3 is 2.96 bits per heavy atom. The van der Waals surface area contributed by atoms with E-state index in [1.165, 1.54) is 23.9 Å². The number of hydrogen-bond acceptors (Lipinski definition) is 4. The summed E-state index contributed by atoms with van der Waals surface area (Å²) in [5.74, 6) is 0.693. The zero-order chi connectivity index (χ0) is 18.5. The lowest BCUT2D eigenvalue weighted by Gasteiger charge is -2.10. The molecule has 1 amide bonds. The summed E-state index contributed by atoms with van der Waals surface area (Å²) in [5, 5.41) is 6.99. The summed E-state index contributed by atoms with van der Waals surface area (Å²) in [5.41, 5.74) is 4.62. The van der Waals surface area contributed by atoms with Crippen LogP contribution in [-0.2, 0) is 30.6 Å². The van der Waals surface area contributed by atoms with Crippen LogP contribution in [0.4, 0.5) is 5.69 Å². The molecule has 0 saturated carbocycles. The summed E-state index contributed by atoms with van der Waals surface area (Å²) in [6.07, 6.45) is 7.03. The van der Waals surface area contributed by atoms with Gasteiger partial charge in [-0.15, -0.1) is 0 Å². The van der Waals surface area contributed by atoms with E-state index in [0.717, 1.165) is 24.1 Å². The molecule has 0 radical (unpaired) electrons. The number of fused-ring (bicyclic) bond motifs is 1. The molecular weight excluding hydrogens is 340 g/mol. The first kappa shape index (κ1) is 17.3. The number of nitrogens with one attached hydrogen (secondary N) is 1. The summed E-state index contributed by atoms with van der Waals surface area (Å²) in [4.78, 5) is 16.3. The molecule has 2 aromatic carbocycles. The van der Waals surface area contributed by atoms with E-state index >= 15 is 0 Å². The van der Waals surface area contributed by atoms with Crippen molar-refractivity contribution in [3.63, 3.8) is 0 Å². The molecule has 1 aliphatic carbocycles. The molecule has 0 unspecified atom stereocenters. The monoisotopic (exact) mass is 362 g/mol. The van der Waals surface area contributed by atoms with Crippen molar-refractivity contribution in [1.82, 2.24) is 14.8 Å². The molecule has 1 N–H and O–H groups in total. The number of hydrogen-bond donors (Lipinski definition) is 1. The van der Waals surface area contributed by atoms with Gasteiger partial charge in [-0.1, -0.05) is 24.3 Å². The maximum atomic E-state index is 12.4. The Morgan fingerprint density at radius 2 is 2.07 bits per heavy atom. The molecule has 1 aliphatic rings. The maximum absolute atomic E-state index is 12.4. The topological polar surface area (TPSA) is 69.0 Å². The fraction of sp³-hybridized carbons (Fsp3) is 0.286. The molecule has 1 heterocycles. The number of ether oxygens (including phenoxy) is 1. The van der Waals surface area contributed by atoms with Crippen molar-refractivity contribution >= 4 is 11.6 Å². The molecule has 0 fully saturated rings. The van der Waals surface area contributed by atoms with Crippen LogP contribution >= 0.6 is 0 Å². The number of anilines is 1. The number of amides is 1. The van der Waals surface area contributed by atoms with Gasteiger partial charge in [0, 0.05) is 11.8 Å². The van der Waals surface area contributed by atoms with E-state index in [4.69, 9.17) is 4.74 Å². The predicted molar refractivity (Wildman–Crippen MR) is 103 cm³/mol. The Kier molecular flexibility index (Phi) is 5.14. The highest BCUT2D eigenvalue weighted by molar-refractivity contribution is 5.92. The normalized spacial score (nSPS) is 12.6. The Morgan fingerprint density at radius 1 is 1.15 bits per heavy atom. The van der Waals surface area contributed by atoms with Crippen LogP contribution in [-0.4, -0.2) is 27.3 Å². The zero-order valence-corrected chi connectivity index (χ0v) is 15.1. The van der Waals surface area contributed by atoms with Crippen LogP contribution in [0.15, 0.2) is 55.1 Å². The predicted octanol–water partition coefficient (Wildman–Crippen LogP) is 3.03. The van der Waals surface area contributed by atoms with Gasteiger partial charge in [-0.2, -0.15) is 5.10 Å². The Bertz CT molecular complexity index is 922. The van der Waals surface area contributed by atoms with Crippen molar-refractivity contribution in [2.45, 2.75) is 32.2 Å². The van der Waals surface area contributed by atoms with Gasteiger partial charge in [0.2, 0.25) is 5.91 Å². The Hall–Kier alpha value is -3.15. The molecular formula is C21H22N4O2. The summed E-state index contributed by atoms with van der Waals surface area (Å²) < 4.78 is 7.44. The van der Waals surface area contributed by atoms with E-state index in [0.29, 0.717) is 25.3 Å². The lowest BCUT2D eigenvalue weighted by molar-refractivity contribution is -0.115. The summed E-state index contributed by atoms with van der Waals surface area (Å²) in [7, 11) is 0. The average molecular weight is 362 g/mol. The average Bonchev–Trinajstić information content (AvgIpc) is 3.33. The second-order valence-corrected chi connectivity index (χ2v) is 6.72. The maximum Gasteiger partial charge on any atom is 0.228 e. The van der Waals surface area contributed by atoms with Crippen molar-refractivity contribution in [2.75, 3.05) is 11.9 Å². The first-order valence-corrected chi connectivity index (χ1v) is 9.22. The summed E-state index contributed by atoms with van der Waals surface area (Å²) >= 11 is 0. The van der Waals surface area contributed by atoms with Crippen LogP contribution in [0.25, 0.3) is 0 Å². The fourth-order valence-electron chi connectivity index (χ4n) is 3.39. The molecule has 0 aliphatic heterocycles. The molecule has 0 spiro atoms. The molecule has 1 aromatic heterocycles. The molecule has 6 heteroatoms. The SMILES string of the molecule is O=C(Cc1ccc2c(c1)CCC2)Nc1cccc(OCCn2cncn2)c1. The highest BCUT2D eigenvalue weighted by atomic mass is 16.5. The zero-order valence-electron chi connectivity index (χ0n) is 15.1. The molecule has 27 heavy (non-hydrogen) atoms. The van der Waals surface area contributed by atoms with E-state index in [1.807, 2.05) is 24.3 Å². The number of nitrogens with zero attached hydrogens (tertiary/aromatic N) is 3. The largest absolute Gasteiger partial charge is 0.492 e. The highest BCUT2D eigenvalue weighted by Crippen LogP contribution is 2.23. The second kappa shape index (κ2) is 8.03. The van der Waals surface area contributed by atoms with E-state index in [-0.39, 0.29) is 5.91 Å². The second-order valence-electron chi connectivity index (χ2n) is 6.72. The van der Waals surface area contributed by atoms with Gasteiger partial charge in [-0.25, -0.2) is 9.67 Å². The third-order valence-electron chi connectivity index (χ3n) is 4.70. The first-order valence-electron chi connectivity index (χ1n) is 9.22. The van der Waals surface area contributed by atoms with Crippen molar-refractivity contribution in [2.24, 2.45) is 0 Å². The number of benzene rings is 2.